The maximum atomic E-state index is 11.1. The Balaban J connectivity index is 2.81. The van der Waals surface area contributed by atoms with Crippen molar-refractivity contribution in [3.05, 3.63) is 5.82 Å². The van der Waals surface area contributed by atoms with E-state index in [2.05, 4.69) is 15.4 Å². The Bertz CT molecular complexity index is 353. The summed E-state index contributed by atoms with van der Waals surface area (Å²) in [6.07, 6.45) is 0.312. The van der Waals surface area contributed by atoms with Gasteiger partial charge in [-0.3, -0.25) is 4.79 Å². The quantitative estimate of drug-likeness (QED) is 0.789. The lowest BCUT2D eigenvalue weighted by Gasteiger charge is -2.25. The zero-order valence-electron chi connectivity index (χ0n) is 9.43. The van der Waals surface area contributed by atoms with Crippen LogP contribution in [0, 0.1) is 11.3 Å². The Morgan fingerprint density at radius 3 is 2.47 bits per heavy atom. The zero-order valence-corrected chi connectivity index (χ0v) is 9.43. The van der Waals surface area contributed by atoms with Crippen molar-refractivity contribution < 1.29 is 9.90 Å². The van der Waals surface area contributed by atoms with Gasteiger partial charge in [-0.1, -0.05) is 20.8 Å². The molecule has 1 rings (SSSR count). The second kappa shape index (κ2) is 3.96. The predicted octanol–water partition coefficient (Wildman–Crippen LogP) is 0.499. The van der Waals surface area contributed by atoms with Gasteiger partial charge < -0.3 is 5.11 Å². The third kappa shape index (κ3) is 3.00. The minimum atomic E-state index is -0.824. The third-order valence-electron chi connectivity index (χ3n) is 2.28. The average molecular weight is 212 g/mol. The second-order valence-corrected chi connectivity index (χ2v) is 4.66. The summed E-state index contributed by atoms with van der Waals surface area (Å²) in [5, 5.41) is 20.5. The maximum Gasteiger partial charge on any atom is 0.307 e. The van der Waals surface area contributed by atoms with Crippen LogP contribution in [0.15, 0.2) is 0 Å². The van der Waals surface area contributed by atoms with Crippen molar-refractivity contribution in [2.75, 3.05) is 0 Å². The minimum Gasteiger partial charge on any atom is -0.481 e. The number of hydrogen-bond donors (Lipinski definition) is 1. The fourth-order valence-electron chi connectivity index (χ4n) is 1.35. The van der Waals surface area contributed by atoms with Gasteiger partial charge in [0.05, 0.1) is 13.0 Å². The number of carboxylic acids is 1. The van der Waals surface area contributed by atoms with E-state index in [1.54, 1.807) is 7.05 Å². The van der Waals surface area contributed by atoms with E-state index in [4.69, 9.17) is 5.11 Å². The maximum absolute atomic E-state index is 11.1. The van der Waals surface area contributed by atoms with E-state index in [1.165, 1.54) is 4.80 Å². The molecular formula is C9H16N4O2. The molecule has 0 aliphatic carbocycles. The van der Waals surface area contributed by atoms with Gasteiger partial charge in [0.1, 0.15) is 0 Å². The lowest BCUT2D eigenvalue weighted by atomic mass is 9.79. The number of carbonyl (C=O) groups is 1. The summed E-state index contributed by atoms with van der Waals surface area (Å²) in [7, 11) is 1.66. The van der Waals surface area contributed by atoms with Gasteiger partial charge in [-0.2, -0.15) is 4.80 Å². The molecule has 0 aromatic carbocycles. The summed E-state index contributed by atoms with van der Waals surface area (Å²) in [4.78, 5) is 12.4. The molecule has 1 heterocycles. The van der Waals surface area contributed by atoms with Crippen LogP contribution in [0.25, 0.3) is 0 Å². The molecule has 0 bridgehead atoms. The Morgan fingerprint density at radius 2 is 2.13 bits per heavy atom. The monoisotopic (exact) mass is 212 g/mol. The van der Waals surface area contributed by atoms with Crippen LogP contribution in [-0.2, 0) is 18.3 Å². The molecule has 0 saturated heterocycles. The fraction of sp³-hybridized carbons (Fsp3) is 0.778. The summed E-state index contributed by atoms with van der Waals surface area (Å²) < 4.78 is 0. The van der Waals surface area contributed by atoms with Gasteiger partial charge in [0.2, 0.25) is 0 Å². The molecule has 6 heteroatoms. The highest BCUT2D eigenvalue weighted by Crippen LogP contribution is 2.28. The van der Waals surface area contributed by atoms with Crippen molar-refractivity contribution >= 4 is 5.97 Å². The van der Waals surface area contributed by atoms with Gasteiger partial charge in [0.25, 0.3) is 0 Å². The second-order valence-electron chi connectivity index (χ2n) is 4.66. The van der Waals surface area contributed by atoms with Crippen molar-refractivity contribution in [2.24, 2.45) is 18.4 Å². The van der Waals surface area contributed by atoms with Crippen molar-refractivity contribution in [2.45, 2.75) is 27.2 Å². The molecule has 84 valence electrons. The van der Waals surface area contributed by atoms with Gasteiger partial charge in [-0.15, -0.1) is 10.2 Å². The first-order valence-electron chi connectivity index (χ1n) is 4.76. The normalized spacial score (nSPS) is 13.9. The summed E-state index contributed by atoms with van der Waals surface area (Å²) in [5.74, 6) is -0.850. The van der Waals surface area contributed by atoms with Crippen LogP contribution in [0.3, 0.4) is 0 Å². The third-order valence-corrected chi connectivity index (χ3v) is 2.28. The van der Waals surface area contributed by atoms with Crippen molar-refractivity contribution in [3.63, 3.8) is 0 Å². The minimum absolute atomic E-state index is 0.312. The average Bonchev–Trinajstić information content (AvgIpc) is 2.44. The van der Waals surface area contributed by atoms with Gasteiger partial charge in [0, 0.05) is 6.42 Å². The lowest BCUT2D eigenvalue weighted by Crippen LogP contribution is -2.30. The van der Waals surface area contributed by atoms with Crippen LogP contribution in [0.4, 0.5) is 0 Å². The molecule has 1 N–H and O–H groups in total. The number of hydrogen-bond acceptors (Lipinski definition) is 4. The van der Waals surface area contributed by atoms with E-state index in [0.717, 1.165) is 0 Å². The van der Waals surface area contributed by atoms with Crippen molar-refractivity contribution in [1.82, 2.24) is 20.2 Å². The van der Waals surface area contributed by atoms with Crippen LogP contribution in [0.1, 0.15) is 26.6 Å². The standard InChI is InChI=1S/C9H16N4O2/c1-9(2,3)6(8(14)15)5-7-10-12-13(4)11-7/h6H,5H2,1-4H3,(H,14,15). The Labute approximate surface area is 88.3 Å². The van der Waals surface area contributed by atoms with Crippen LogP contribution in [0.5, 0.6) is 0 Å². The molecule has 1 aromatic rings. The summed E-state index contributed by atoms with van der Waals surface area (Å²) in [6, 6.07) is 0. The number of rotatable bonds is 3. The van der Waals surface area contributed by atoms with E-state index in [1.807, 2.05) is 20.8 Å². The molecule has 0 aliphatic heterocycles. The fourth-order valence-corrected chi connectivity index (χ4v) is 1.35. The number of aryl methyl sites for hydroxylation is 1. The van der Waals surface area contributed by atoms with Crippen LogP contribution < -0.4 is 0 Å². The number of carboxylic acid groups (broad SMARTS) is 1. The van der Waals surface area contributed by atoms with E-state index in [-0.39, 0.29) is 5.41 Å². The first-order valence-corrected chi connectivity index (χ1v) is 4.76. The highest BCUT2D eigenvalue weighted by Gasteiger charge is 2.32. The highest BCUT2D eigenvalue weighted by atomic mass is 16.4. The van der Waals surface area contributed by atoms with Gasteiger partial charge in [0.15, 0.2) is 5.82 Å². The first kappa shape index (κ1) is 11.6. The summed E-state index contributed by atoms with van der Waals surface area (Å²) >= 11 is 0. The molecule has 0 radical (unpaired) electrons. The molecule has 15 heavy (non-hydrogen) atoms. The lowest BCUT2D eigenvalue weighted by molar-refractivity contribution is -0.145. The molecule has 1 aromatic heterocycles. The Hall–Kier alpha value is -1.46. The molecule has 1 atom stereocenters. The van der Waals surface area contributed by atoms with Crippen LogP contribution in [0.2, 0.25) is 0 Å². The van der Waals surface area contributed by atoms with Gasteiger partial charge in [-0.05, 0) is 10.6 Å². The number of tetrazole rings is 1. The van der Waals surface area contributed by atoms with Gasteiger partial charge >= 0.3 is 5.97 Å². The molecule has 0 saturated carbocycles. The van der Waals surface area contributed by atoms with E-state index in [9.17, 15) is 4.79 Å². The van der Waals surface area contributed by atoms with Gasteiger partial charge in [-0.25, -0.2) is 0 Å². The Kier molecular flexibility index (Phi) is 3.06. The molecule has 0 fully saturated rings. The predicted molar refractivity (Wildman–Crippen MR) is 53.1 cm³/mol. The smallest absolute Gasteiger partial charge is 0.307 e. The molecule has 0 spiro atoms. The van der Waals surface area contributed by atoms with Crippen LogP contribution in [-0.4, -0.2) is 31.3 Å². The van der Waals surface area contributed by atoms with E-state index >= 15 is 0 Å². The first-order chi connectivity index (χ1) is 6.80. The van der Waals surface area contributed by atoms with Crippen molar-refractivity contribution in [3.8, 4) is 0 Å². The number of nitrogens with zero attached hydrogens (tertiary/aromatic N) is 4. The van der Waals surface area contributed by atoms with E-state index < -0.39 is 11.9 Å². The summed E-state index contributed by atoms with van der Waals surface area (Å²) in [5.41, 5.74) is -0.314. The molecule has 0 aliphatic rings. The van der Waals surface area contributed by atoms with Crippen molar-refractivity contribution in [1.29, 1.82) is 0 Å². The largest absolute Gasteiger partial charge is 0.481 e. The zero-order chi connectivity index (χ0) is 11.6. The highest BCUT2D eigenvalue weighted by molar-refractivity contribution is 5.71. The summed E-state index contributed by atoms with van der Waals surface area (Å²) in [6.45, 7) is 5.67. The molecular weight excluding hydrogens is 196 g/mol. The van der Waals surface area contributed by atoms with E-state index in [0.29, 0.717) is 12.2 Å². The topological polar surface area (TPSA) is 80.9 Å². The molecule has 6 nitrogen and oxygen atoms in total. The Morgan fingerprint density at radius 1 is 1.53 bits per heavy atom. The van der Waals surface area contributed by atoms with Crippen LogP contribution >= 0.6 is 0 Å². The molecule has 1 unspecified atom stereocenters. The number of aromatic nitrogens is 4. The SMILES string of the molecule is Cn1nnc(CC(C(=O)O)C(C)(C)C)n1. The molecule has 0 amide bonds. The number of aliphatic carboxylic acids is 1.